The lowest BCUT2D eigenvalue weighted by Gasteiger charge is -2.09. The van der Waals surface area contributed by atoms with Crippen LogP contribution in [0.5, 0.6) is 0 Å². The largest absolute Gasteiger partial charge is 0.346 e. The van der Waals surface area contributed by atoms with Gasteiger partial charge in [-0.2, -0.15) is 0 Å². The molecule has 3 N–H and O–H groups in total. The second kappa shape index (κ2) is 7.77. The Morgan fingerprint density at radius 3 is 2.37 bits per heavy atom. The summed E-state index contributed by atoms with van der Waals surface area (Å²) in [5.41, 5.74) is 2.62. The van der Waals surface area contributed by atoms with Crippen molar-refractivity contribution in [1.29, 1.82) is 0 Å². The highest BCUT2D eigenvalue weighted by molar-refractivity contribution is 7.89. The Hall–Kier alpha value is -2.27. The summed E-state index contributed by atoms with van der Waals surface area (Å²) in [6, 6.07) is 10.4. The summed E-state index contributed by atoms with van der Waals surface area (Å²) in [7, 11) is -6.92. The van der Waals surface area contributed by atoms with Crippen molar-refractivity contribution in [2.75, 3.05) is 19.3 Å². The lowest BCUT2D eigenvalue weighted by atomic mass is 10.0. The van der Waals surface area contributed by atoms with Crippen LogP contribution in [-0.2, 0) is 20.0 Å². The molecule has 0 aliphatic rings. The van der Waals surface area contributed by atoms with E-state index in [4.69, 9.17) is 0 Å². The molecule has 1 aromatic carbocycles. The van der Waals surface area contributed by atoms with E-state index in [0.29, 0.717) is 6.42 Å². The molecule has 0 aliphatic heterocycles. The molecule has 2 heterocycles. The first-order valence-corrected chi connectivity index (χ1v) is 11.6. The molecule has 0 bridgehead atoms. The SMILES string of the molecule is CS(=O)(=O)NCCCNS(=O)(=O)c1ccc(-c2ccnc3[nH]ccc23)cc1. The molecule has 27 heavy (non-hydrogen) atoms. The summed E-state index contributed by atoms with van der Waals surface area (Å²) in [6.07, 6.45) is 4.92. The van der Waals surface area contributed by atoms with E-state index in [1.807, 2.05) is 18.3 Å². The topological polar surface area (TPSA) is 121 Å². The number of nitrogens with one attached hydrogen (secondary N) is 3. The summed E-state index contributed by atoms with van der Waals surface area (Å²) in [4.78, 5) is 7.45. The molecule has 0 saturated carbocycles. The number of hydrogen-bond acceptors (Lipinski definition) is 5. The summed E-state index contributed by atoms with van der Waals surface area (Å²) >= 11 is 0. The molecule has 0 spiro atoms. The van der Waals surface area contributed by atoms with Crippen LogP contribution in [0.2, 0.25) is 0 Å². The molecule has 3 rings (SSSR count). The van der Waals surface area contributed by atoms with E-state index < -0.39 is 20.0 Å². The number of H-pyrrole nitrogens is 1. The summed E-state index contributed by atoms with van der Waals surface area (Å²) in [5.74, 6) is 0. The quantitative estimate of drug-likeness (QED) is 0.487. The molecule has 0 atom stereocenters. The Bertz CT molecular complexity index is 1140. The van der Waals surface area contributed by atoms with E-state index >= 15 is 0 Å². The van der Waals surface area contributed by atoms with Gasteiger partial charge in [0.1, 0.15) is 5.65 Å². The first-order valence-electron chi connectivity index (χ1n) is 8.23. The molecule has 0 unspecified atom stereocenters. The van der Waals surface area contributed by atoms with Crippen LogP contribution >= 0.6 is 0 Å². The Balaban J connectivity index is 1.68. The molecular formula is C17H20N4O4S2. The number of pyridine rings is 1. The number of aromatic amines is 1. The normalized spacial score (nSPS) is 12.5. The van der Waals surface area contributed by atoms with Gasteiger partial charge in [0.05, 0.1) is 11.2 Å². The minimum Gasteiger partial charge on any atom is -0.346 e. The lowest BCUT2D eigenvalue weighted by molar-refractivity contribution is 0.575. The molecule has 0 aliphatic carbocycles. The molecule has 0 saturated heterocycles. The fourth-order valence-electron chi connectivity index (χ4n) is 2.66. The van der Waals surface area contributed by atoms with Crippen LogP contribution in [0.1, 0.15) is 6.42 Å². The number of fused-ring (bicyclic) bond motifs is 1. The van der Waals surface area contributed by atoms with Crippen molar-refractivity contribution in [2.45, 2.75) is 11.3 Å². The number of nitrogens with zero attached hydrogens (tertiary/aromatic N) is 1. The van der Waals surface area contributed by atoms with Gasteiger partial charge >= 0.3 is 0 Å². The van der Waals surface area contributed by atoms with Gasteiger partial charge in [-0.15, -0.1) is 0 Å². The standard InChI is InChI=1S/C17H20N4O4S2/c1-26(22,23)20-9-2-10-21-27(24,25)14-5-3-13(4-6-14)15-7-11-18-17-16(15)8-12-19-17/h3-8,11-12,20-21H,2,9-10H2,1H3,(H,18,19). The van der Waals surface area contributed by atoms with Crippen LogP contribution in [0.3, 0.4) is 0 Å². The summed E-state index contributed by atoms with van der Waals surface area (Å²) in [5, 5.41) is 0.963. The van der Waals surface area contributed by atoms with E-state index in [-0.39, 0.29) is 18.0 Å². The van der Waals surface area contributed by atoms with Crippen molar-refractivity contribution in [1.82, 2.24) is 19.4 Å². The Morgan fingerprint density at radius 1 is 0.963 bits per heavy atom. The molecule has 0 amide bonds. The second-order valence-corrected chi connectivity index (χ2v) is 9.64. The van der Waals surface area contributed by atoms with E-state index in [2.05, 4.69) is 19.4 Å². The maximum atomic E-state index is 12.3. The number of rotatable bonds is 8. The van der Waals surface area contributed by atoms with E-state index in [1.165, 1.54) is 0 Å². The predicted molar refractivity (Wildman–Crippen MR) is 104 cm³/mol. The highest BCUT2D eigenvalue weighted by Crippen LogP contribution is 2.27. The summed E-state index contributed by atoms with van der Waals surface area (Å²) in [6.45, 7) is 0.315. The maximum Gasteiger partial charge on any atom is 0.240 e. The second-order valence-electron chi connectivity index (χ2n) is 6.04. The van der Waals surface area contributed by atoms with Crippen LogP contribution in [-0.4, -0.2) is 46.1 Å². The molecular weight excluding hydrogens is 388 g/mol. The third-order valence-electron chi connectivity index (χ3n) is 3.95. The van der Waals surface area contributed by atoms with Crippen molar-refractivity contribution < 1.29 is 16.8 Å². The molecule has 10 heteroatoms. The Labute approximate surface area is 158 Å². The van der Waals surface area contributed by atoms with Crippen LogP contribution in [0.25, 0.3) is 22.2 Å². The lowest BCUT2D eigenvalue weighted by Crippen LogP contribution is -2.29. The van der Waals surface area contributed by atoms with Crippen LogP contribution < -0.4 is 9.44 Å². The average Bonchev–Trinajstić information content (AvgIpc) is 3.09. The highest BCUT2D eigenvalue weighted by Gasteiger charge is 2.14. The van der Waals surface area contributed by atoms with Crippen LogP contribution in [0.15, 0.2) is 53.7 Å². The van der Waals surface area contributed by atoms with Gasteiger partial charge in [0.2, 0.25) is 20.0 Å². The highest BCUT2D eigenvalue weighted by atomic mass is 32.2. The van der Waals surface area contributed by atoms with Gasteiger partial charge in [-0.1, -0.05) is 12.1 Å². The van der Waals surface area contributed by atoms with Crippen LogP contribution in [0, 0.1) is 0 Å². The van der Waals surface area contributed by atoms with Crippen LogP contribution in [0.4, 0.5) is 0 Å². The van der Waals surface area contributed by atoms with Gasteiger partial charge in [-0.3, -0.25) is 0 Å². The van der Waals surface area contributed by atoms with Gasteiger partial charge < -0.3 is 4.98 Å². The minimum atomic E-state index is -3.65. The smallest absolute Gasteiger partial charge is 0.240 e. The zero-order valence-electron chi connectivity index (χ0n) is 14.6. The van der Waals surface area contributed by atoms with Crippen molar-refractivity contribution in [3.8, 4) is 11.1 Å². The first kappa shape index (κ1) is 19.5. The predicted octanol–water partition coefficient (Wildman–Crippen LogP) is 1.45. The fraction of sp³-hybridized carbons (Fsp3) is 0.235. The van der Waals surface area contributed by atoms with Crippen molar-refractivity contribution in [3.05, 3.63) is 48.8 Å². The van der Waals surface area contributed by atoms with E-state index in [9.17, 15) is 16.8 Å². The van der Waals surface area contributed by atoms with Gasteiger partial charge in [0, 0.05) is 30.9 Å². The zero-order chi connectivity index (χ0) is 19.5. The summed E-state index contributed by atoms with van der Waals surface area (Å²) < 4.78 is 51.4. The monoisotopic (exact) mass is 408 g/mol. The number of sulfonamides is 2. The van der Waals surface area contributed by atoms with E-state index in [1.54, 1.807) is 30.5 Å². The number of aromatic nitrogens is 2. The number of benzene rings is 1. The third-order valence-corrected chi connectivity index (χ3v) is 6.15. The van der Waals surface area contributed by atoms with Crippen molar-refractivity contribution in [2.24, 2.45) is 0 Å². The van der Waals surface area contributed by atoms with E-state index in [0.717, 1.165) is 28.4 Å². The Morgan fingerprint density at radius 2 is 1.67 bits per heavy atom. The molecule has 144 valence electrons. The van der Waals surface area contributed by atoms with Gasteiger partial charge in [0.25, 0.3) is 0 Å². The molecule has 0 fully saturated rings. The molecule has 8 nitrogen and oxygen atoms in total. The zero-order valence-corrected chi connectivity index (χ0v) is 16.3. The molecule has 3 aromatic rings. The van der Waals surface area contributed by atoms with Crippen molar-refractivity contribution in [3.63, 3.8) is 0 Å². The minimum absolute atomic E-state index is 0.140. The molecule has 0 radical (unpaired) electrons. The number of hydrogen-bond donors (Lipinski definition) is 3. The fourth-order valence-corrected chi connectivity index (χ4v) is 4.25. The molecule has 2 aromatic heterocycles. The van der Waals surface area contributed by atoms with Gasteiger partial charge in [-0.05, 0) is 41.8 Å². The third kappa shape index (κ3) is 4.92. The first-order chi connectivity index (χ1) is 12.8. The van der Waals surface area contributed by atoms with Gasteiger partial charge in [0.15, 0.2) is 0 Å². The Kier molecular flexibility index (Phi) is 5.61. The average molecular weight is 409 g/mol. The van der Waals surface area contributed by atoms with Crippen molar-refractivity contribution >= 4 is 31.1 Å². The van der Waals surface area contributed by atoms with Gasteiger partial charge in [-0.25, -0.2) is 31.3 Å². The maximum absolute atomic E-state index is 12.3.